The van der Waals surface area contributed by atoms with E-state index < -0.39 is 5.54 Å². The normalized spacial score (nSPS) is 20.8. The minimum Gasteiger partial charge on any atom is -0.456 e. The summed E-state index contributed by atoms with van der Waals surface area (Å²) in [6.07, 6.45) is 0.285. The second-order valence-corrected chi connectivity index (χ2v) is 6.60. The molecule has 3 aromatic rings. The summed E-state index contributed by atoms with van der Waals surface area (Å²) in [4.78, 5) is 18.2. The minimum absolute atomic E-state index is 0.0378. The molecule has 5 nitrogen and oxygen atoms in total. The molecule has 1 amide bonds. The van der Waals surface area contributed by atoms with Crippen molar-refractivity contribution in [2.45, 2.75) is 18.9 Å². The Labute approximate surface area is 145 Å². The van der Waals surface area contributed by atoms with Gasteiger partial charge in [-0.25, -0.2) is 4.99 Å². The first-order valence-corrected chi connectivity index (χ1v) is 8.18. The molecule has 2 N–H and O–H groups in total. The van der Waals surface area contributed by atoms with Crippen LogP contribution in [0.5, 0.6) is 0 Å². The number of para-hydroxylation sites is 1. The van der Waals surface area contributed by atoms with Crippen molar-refractivity contribution >= 4 is 22.8 Å². The summed E-state index contributed by atoms with van der Waals surface area (Å²) in [6.45, 7) is 1.93. The van der Waals surface area contributed by atoms with Gasteiger partial charge in [-0.05, 0) is 30.7 Å². The molecule has 4 rings (SSSR count). The summed E-state index contributed by atoms with van der Waals surface area (Å²) in [6, 6.07) is 17.9. The molecule has 126 valence electrons. The van der Waals surface area contributed by atoms with Crippen LogP contribution >= 0.6 is 0 Å². The lowest BCUT2D eigenvalue weighted by Crippen LogP contribution is -2.47. The zero-order valence-electron chi connectivity index (χ0n) is 14.2. The highest BCUT2D eigenvalue weighted by Gasteiger charge is 2.36. The topological polar surface area (TPSA) is 71.8 Å². The van der Waals surface area contributed by atoms with Crippen molar-refractivity contribution in [2.24, 2.45) is 10.7 Å². The number of rotatable bonds is 2. The molecular formula is C20H19N3O2. The van der Waals surface area contributed by atoms with Gasteiger partial charge in [0, 0.05) is 18.0 Å². The molecule has 0 saturated carbocycles. The first-order chi connectivity index (χ1) is 12.0. The molecule has 25 heavy (non-hydrogen) atoms. The van der Waals surface area contributed by atoms with E-state index in [0.29, 0.717) is 0 Å². The first kappa shape index (κ1) is 15.4. The lowest BCUT2D eigenvalue weighted by molar-refractivity contribution is -0.128. The SMILES string of the molecule is CN1C(=O)CC(C)(c2cccc(-c3cc4ccccc4o3)c2)N=C1N. The summed E-state index contributed by atoms with van der Waals surface area (Å²) in [5.41, 5.74) is 7.99. The lowest BCUT2D eigenvalue weighted by Gasteiger charge is -2.33. The van der Waals surface area contributed by atoms with Gasteiger partial charge in [-0.15, -0.1) is 0 Å². The van der Waals surface area contributed by atoms with Crippen LogP contribution < -0.4 is 5.73 Å². The number of amides is 1. The van der Waals surface area contributed by atoms with E-state index in [2.05, 4.69) is 4.99 Å². The average Bonchev–Trinajstić information content (AvgIpc) is 3.04. The summed E-state index contributed by atoms with van der Waals surface area (Å²) in [7, 11) is 1.64. The van der Waals surface area contributed by atoms with Gasteiger partial charge in [0.15, 0.2) is 5.96 Å². The van der Waals surface area contributed by atoms with Crippen molar-refractivity contribution in [2.75, 3.05) is 7.05 Å². The Morgan fingerprint density at radius 1 is 1.16 bits per heavy atom. The average molecular weight is 333 g/mol. The summed E-state index contributed by atoms with van der Waals surface area (Å²) < 4.78 is 5.95. The quantitative estimate of drug-likeness (QED) is 0.780. The Morgan fingerprint density at radius 2 is 1.96 bits per heavy atom. The van der Waals surface area contributed by atoms with Crippen molar-refractivity contribution in [1.82, 2.24) is 4.90 Å². The zero-order valence-corrected chi connectivity index (χ0v) is 14.2. The molecule has 1 aliphatic heterocycles. The van der Waals surface area contributed by atoms with Crippen molar-refractivity contribution in [1.29, 1.82) is 0 Å². The maximum absolute atomic E-state index is 12.2. The van der Waals surface area contributed by atoms with E-state index >= 15 is 0 Å². The maximum Gasteiger partial charge on any atom is 0.231 e. The van der Waals surface area contributed by atoms with E-state index in [-0.39, 0.29) is 18.3 Å². The van der Waals surface area contributed by atoms with Gasteiger partial charge in [0.05, 0.1) is 12.0 Å². The van der Waals surface area contributed by atoms with Gasteiger partial charge in [0.2, 0.25) is 5.91 Å². The minimum atomic E-state index is -0.671. The van der Waals surface area contributed by atoms with E-state index in [9.17, 15) is 4.79 Å². The van der Waals surface area contributed by atoms with Crippen molar-refractivity contribution in [3.8, 4) is 11.3 Å². The third-order valence-electron chi connectivity index (χ3n) is 4.77. The van der Waals surface area contributed by atoms with Crippen LogP contribution in [0.25, 0.3) is 22.3 Å². The van der Waals surface area contributed by atoms with Gasteiger partial charge >= 0.3 is 0 Å². The van der Waals surface area contributed by atoms with Gasteiger partial charge in [0.25, 0.3) is 0 Å². The maximum atomic E-state index is 12.2. The predicted molar refractivity (Wildman–Crippen MR) is 98.0 cm³/mol. The monoisotopic (exact) mass is 333 g/mol. The highest BCUT2D eigenvalue weighted by atomic mass is 16.3. The number of hydrogen-bond donors (Lipinski definition) is 1. The molecule has 0 spiro atoms. The Balaban J connectivity index is 1.78. The molecule has 1 unspecified atom stereocenters. The van der Waals surface area contributed by atoms with Crippen LogP contribution in [0, 0.1) is 0 Å². The van der Waals surface area contributed by atoms with Crippen LogP contribution in [0.2, 0.25) is 0 Å². The zero-order chi connectivity index (χ0) is 17.6. The van der Waals surface area contributed by atoms with Gasteiger partial charge in [0.1, 0.15) is 11.3 Å². The molecule has 1 atom stereocenters. The molecule has 5 heteroatoms. The molecule has 2 heterocycles. The number of guanidine groups is 1. The summed E-state index contributed by atoms with van der Waals surface area (Å²) >= 11 is 0. The fourth-order valence-electron chi connectivity index (χ4n) is 3.21. The number of nitrogens with zero attached hydrogens (tertiary/aromatic N) is 2. The Bertz CT molecular complexity index is 972. The number of carbonyl (C=O) groups is 1. The van der Waals surface area contributed by atoms with Crippen molar-refractivity contribution < 1.29 is 9.21 Å². The first-order valence-electron chi connectivity index (χ1n) is 8.18. The molecule has 1 aromatic heterocycles. The molecule has 0 saturated heterocycles. The molecule has 2 aromatic carbocycles. The van der Waals surface area contributed by atoms with Gasteiger partial charge in [-0.3, -0.25) is 9.69 Å². The van der Waals surface area contributed by atoms with Crippen LogP contribution in [0.15, 0.2) is 64.0 Å². The number of furan rings is 1. The van der Waals surface area contributed by atoms with Crippen LogP contribution in [0.3, 0.4) is 0 Å². The molecule has 1 aliphatic rings. The Hall–Kier alpha value is -3.08. The van der Waals surface area contributed by atoms with Crippen LogP contribution in [0.1, 0.15) is 18.9 Å². The Morgan fingerprint density at radius 3 is 2.72 bits per heavy atom. The number of benzene rings is 2. The van der Waals surface area contributed by atoms with E-state index in [4.69, 9.17) is 10.2 Å². The number of hydrogen-bond acceptors (Lipinski definition) is 4. The van der Waals surface area contributed by atoms with E-state index in [0.717, 1.165) is 27.9 Å². The van der Waals surface area contributed by atoms with Crippen LogP contribution in [0.4, 0.5) is 0 Å². The van der Waals surface area contributed by atoms with Gasteiger partial charge in [-0.1, -0.05) is 36.4 Å². The molecule has 0 radical (unpaired) electrons. The summed E-state index contributed by atoms with van der Waals surface area (Å²) in [5.74, 6) is 1.000. The highest BCUT2D eigenvalue weighted by molar-refractivity contribution is 5.98. The number of aliphatic imine (C=N–C) groups is 1. The largest absolute Gasteiger partial charge is 0.456 e. The fraction of sp³-hybridized carbons (Fsp3) is 0.200. The lowest BCUT2D eigenvalue weighted by atomic mass is 9.86. The van der Waals surface area contributed by atoms with Gasteiger partial charge in [-0.2, -0.15) is 0 Å². The predicted octanol–water partition coefficient (Wildman–Crippen LogP) is 3.49. The molecule has 0 bridgehead atoms. The standard InChI is InChI=1S/C20H19N3O2/c1-20(12-18(24)23(2)19(21)22-20)15-8-5-7-13(10-15)17-11-14-6-3-4-9-16(14)25-17/h3-11H,12H2,1-2H3,(H2,21,22). The third kappa shape index (κ3) is 2.58. The molecule has 0 aliphatic carbocycles. The number of fused-ring (bicyclic) bond motifs is 1. The van der Waals surface area contributed by atoms with Crippen molar-refractivity contribution in [3.63, 3.8) is 0 Å². The van der Waals surface area contributed by atoms with E-state index in [1.165, 1.54) is 4.90 Å². The molecule has 0 fully saturated rings. The van der Waals surface area contributed by atoms with Crippen molar-refractivity contribution in [3.05, 3.63) is 60.2 Å². The highest BCUT2D eigenvalue weighted by Crippen LogP contribution is 2.36. The number of carbonyl (C=O) groups excluding carboxylic acids is 1. The van der Waals surface area contributed by atoms with E-state index in [1.807, 2.05) is 61.5 Å². The Kier molecular flexibility index (Phi) is 3.39. The smallest absolute Gasteiger partial charge is 0.231 e. The second kappa shape index (κ2) is 5.48. The number of nitrogens with two attached hydrogens (primary N) is 1. The van der Waals surface area contributed by atoms with Gasteiger partial charge < -0.3 is 10.2 Å². The summed E-state index contributed by atoms with van der Waals surface area (Å²) in [5, 5.41) is 1.06. The fourth-order valence-corrected chi connectivity index (χ4v) is 3.21. The van der Waals surface area contributed by atoms with Crippen LogP contribution in [-0.4, -0.2) is 23.8 Å². The van der Waals surface area contributed by atoms with Crippen LogP contribution in [-0.2, 0) is 10.3 Å². The van der Waals surface area contributed by atoms with E-state index in [1.54, 1.807) is 7.05 Å². The third-order valence-corrected chi connectivity index (χ3v) is 4.77. The second-order valence-electron chi connectivity index (χ2n) is 6.60. The molecular weight excluding hydrogens is 314 g/mol.